The Morgan fingerprint density at radius 1 is 1.52 bits per heavy atom. The van der Waals surface area contributed by atoms with E-state index in [1.165, 1.54) is 13.2 Å². The van der Waals surface area contributed by atoms with Crippen LogP contribution in [0.2, 0.25) is 0 Å². The molecule has 9 heteroatoms. The van der Waals surface area contributed by atoms with Crippen LogP contribution in [0.3, 0.4) is 0 Å². The minimum absolute atomic E-state index is 0. The maximum absolute atomic E-state index is 12.7. The molecule has 1 aromatic heterocycles. The van der Waals surface area contributed by atoms with Gasteiger partial charge >= 0.3 is 5.97 Å². The first-order chi connectivity index (χ1) is 10.4. The summed E-state index contributed by atoms with van der Waals surface area (Å²) in [7, 11) is -2.59. The number of nitrogens with one attached hydrogen (secondary N) is 1. The van der Waals surface area contributed by atoms with Crippen molar-refractivity contribution < 1.29 is 17.9 Å². The maximum atomic E-state index is 12.7. The third-order valence-corrected chi connectivity index (χ3v) is 7.06. The third kappa shape index (κ3) is 4.06. The van der Waals surface area contributed by atoms with Gasteiger partial charge in [0.05, 0.1) is 7.11 Å². The van der Waals surface area contributed by atoms with Crippen LogP contribution in [0.1, 0.15) is 42.3 Å². The molecule has 1 heterocycles. The Kier molecular flexibility index (Phi) is 7.03. The van der Waals surface area contributed by atoms with E-state index in [2.05, 4.69) is 9.46 Å². The second-order valence-corrected chi connectivity index (χ2v) is 8.29. The summed E-state index contributed by atoms with van der Waals surface area (Å²) in [6.45, 7) is 2.26. The summed E-state index contributed by atoms with van der Waals surface area (Å²) < 4.78 is 32.9. The van der Waals surface area contributed by atoms with Crippen LogP contribution < -0.4 is 10.5 Å². The minimum atomic E-state index is -3.83. The van der Waals surface area contributed by atoms with E-state index in [0.29, 0.717) is 6.42 Å². The molecule has 3 N–H and O–H groups in total. The van der Waals surface area contributed by atoms with E-state index in [1.54, 1.807) is 5.38 Å². The molecule has 2 atom stereocenters. The number of hydrogen-bond acceptors (Lipinski definition) is 6. The minimum Gasteiger partial charge on any atom is -0.465 e. The van der Waals surface area contributed by atoms with Gasteiger partial charge in [0, 0.05) is 12.1 Å². The molecule has 0 aliphatic heterocycles. The van der Waals surface area contributed by atoms with E-state index in [0.717, 1.165) is 30.6 Å². The predicted molar refractivity (Wildman–Crippen MR) is 92.6 cm³/mol. The lowest BCUT2D eigenvalue weighted by molar-refractivity contribution is 0.0602. The highest BCUT2D eigenvalue weighted by molar-refractivity contribution is 7.89. The number of ether oxygens (including phenoxy) is 1. The van der Waals surface area contributed by atoms with Crippen molar-refractivity contribution in [1.82, 2.24) is 4.72 Å². The van der Waals surface area contributed by atoms with E-state index in [-0.39, 0.29) is 34.6 Å². The smallest absolute Gasteiger partial charge is 0.349 e. The predicted octanol–water partition coefficient (Wildman–Crippen LogP) is 2.14. The number of esters is 1. The largest absolute Gasteiger partial charge is 0.465 e. The van der Waals surface area contributed by atoms with E-state index in [9.17, 15) is 13.2 Å². The van der Waals surface area contributed by atoms with Crippen molar-refractivity contribution in [2.75, 3.05) is 13.7 Å². The van der Waals surface area contributed by atoms with E-state index in [1.807, 2.05) is 6.92 Å². The van der Waals surface area contributed by atoms with Crippen molar-refractivity contribution in [3.8, 4) is 0 Å². The SMILES string of the molecule is COC(=O)c1sccc1S(=O)(=O)NC1(CN)CCCCC1C.Cl. The molecule has 0 bridgehead atoms. The zero-order valence-corrected chi connectivity index (χ0v) is 15.7. The molecule has 0 amide bonds. The summed E-state index contributed by atoms with van der Waals surface area (Å²) in [4.78, 5) is 11.8. The molecule has 132 valence electrons. The Balaban J connectivity index is 0.00000264. The average molecular weight is 383 g/mol. The highest BCUT2D eigenvalue weighted by atomic mass is 35.5. The Labute approximate surface area is 147 Å². The van der Waals surface area contributed by atoms with Gasteiger partial charge in [-0.2, -0.15) is 0 Å². The second-order valence-electron chi connectivity index (χ2n) is 5.72. The number of thiophene rings is 1. The van der Waals surface area contributed by atoms with Gasteiger partial charge in [-0.05, 0) is 30.2 Å². The molecule has 23 heavy (non-hydrogen) atoms. The fourth-order valence-electron chi connectivity index (χ4n) is 2.98. The van der Waals surface area contributed by atoms with Crippen molar-refractivity contribution in [1.29, 1.82) is 0 Å². The molecule has 1 aliphatic carbocycles. The molecular formula is C14H23ClN2O4S2. The number of nitrogens with two attached hydrogens (primary N) is 1. The van der Waals surface area contributed by atoms with E-state index in [4.69, 9.17) is 5.73 Å². The topological polar surface area (TPSA) is 98.5 Å². The Morgan fingerprint density at radius 3 is 2.78 bits per heavy atom. The van der Waals surface area contributed by atoms with Crippen LogP contribution in [0.4, 0.5) is 0 Å². The molecule has 2 unspecified atom stereocenters. The van der Waals surface area contributed by atoms with E-state index >= 15 is 0 Å². The quantitative estimate of drug-likeness (QED) is 0.760. The van der Waals surface area contributed by atoms with Gasteiger partial charge in [-0.25, -0.2) is 17.9 Å². The molecule has 1 aliphatic rings. The number of halogens is 1. The van der Waals surface area contributed by atoms with Crippen LogP contribution in [0.5, 0.6) is 0 Å². The van der Waals surface area contributed by atoms with Crippen molar-refractivity contribution in [3.05, 3.63) is 16.3 Å². The van der Waals surface area contributed by atoms with Gasteiger partial charge < -0.3 is 10.5 Å². The van der Waals surface area contributed by atoms with Gasteiger partial charge in [0.2, 0.25) is 10.0 Å². The summed E-state index contributed by atoms with van der Waals surface area (Å²) in [5, 5.41) is 1.57. The average Bonchev–Trinajstić information content (AvgIpc) is 2.99. The molecule has 0 spiro atoms. The molecule has 0 radical (unpaired) electrons. The summed E-state index contributed by atoms with van der Waals surface area (Å²) in [6, 6.07) is 1.43. The summed E-state index contributed by atoms with van der Waals surface area (Å²) in [6.07, 6.45) is 3.67. The number of carbonyl (C=O) groups excluding carboxylic acids is 1. The van der Waals surface area contributed by atoms with Crippen LogP contribution in [-0.2, 0) is 14.8 Å². The molecule has 6 nitrogen and oxygen atoms in total. The molecular weight excluding hydrogens is 360 g/mol. The van der Waals surface area contributed by atoms with Gasteiger partial charge in [-0.3, -0.25) is 0 Å². The number of methoxy groups -OCH3 is 1. The van der Waals surface area contributed by atoms with E-state index < -0.39 is 21.5 Å². The molecule has 1 saturated carbocycles. The normalized spacial score (nSPS) is 24.7. The van der Waals surface area contributed by atoms with Gasteiger partial charge in [0.25, 0.3) is 0 Å². The molecule has 1 fully saturated rings. The highest BCUT2D eigenvalue weighted by Gasteiger charge is 2.41. The van der Waals surface area contributed by atoms with Crippen molar-refractivity contribution in [3.63, 3.8) is 0 Å². The van der Waals surface area contributed by atoms with Gasteiger partial charge in [-0.1, -0.05) is 19.8 Å². The summed E-state index contributed by atoms with van der Waals surface area (Å²) >= 11 is 1.05. The van der Waals surface area contributed by atoms with Crippen LogP contribution in [0, 0.1) is 5.92 Å². The lowest BCUT2D eigenvalue weighted by Crippen LogP contribution is -2.59. The lowest BCUT2D eigenvalue weighted by Gasteiger charge is -2.42. The molecule has 0 saturated heterocycles. The van der Waals surface area contributed by atoms with Crippen molar-refractivity contribution >= 4 is 39.7 Å². The van der Waals surface area contributed by atoms with Gasteiger partial charge in [0.15, 0.2) is 0 Å². The fourth-order valence-corrected chi connectivity index (χ4v) is 5.85. The van der Waals surface area contributed by atoms with Crippen LogP contribution in [0.25, 0.3) is 0 Å². The Bertz CT molecular complexity index is 647. The lowest BCUT2D eigenvalue weighted by atomic mass is 9.74. The van der Waals surface area contributed by atoms with Crippen LogP contribution in [-0.4, -0.2) is 33.6 Å². The number of sulfonamides is 1. The van der Waals surface area contributed by atoms with Gasteiger partial charge in [-0.15, -0.1) is 23.7 Å². The van der Waals surface area contributed by atoms with Crippen molar-refractivity contribution in [2.45, 2.75) is 43.0 Å². The molecule has 1 aromatic rings. The second kappa shape index (κ2) is 7.94. The first kappa shape index (κ1) is 20.4. The Morgan fingerprint density at radius 2 is 2.22 bits per heavy atom. The Hall–Kier alpha value is -0.670. The number of hydrogen-bond donors (Lipinski definition) is 2. The van der Waals surface area contributed by atoms with Gasteiger partial charge in [0.1, 0.15) is 9.77 Å². The highest BCUT2D eigenvalue weighted by Crippen LogP contribution is 2.35. The van der Waals surface area contributed by atoms with Crippen molar-refractivity contribution in [2.24, 2.45) is 11.7 Å². The first-order valence-corrected chi connectivity index (χ1v) is 9.62. The first-order valence-electron chi connectivity index (χ1n) is 7.26. The monoisotopic (exact) mass is 382 g/mol. The third-order valence-electron chi connectivity index (χ3n) is 4.44. The standard InChI is InChI=1S/C14H22N2O4S2.ClH/c1-10-5-3-4-7-14(10,9-15)16-22(18,19)11-6-8-21-12(11)13(17)20-2;/h6,8,10,16H,3-5,7,9,15H2,1-2H3;1H. The fraction of sp³-hybridized carbons (Fsp3) is 0.643. The zero-order chi connectivity index (χ0) is 16.4. The van der Waals surface area contributed by atoms with Crippen LogP contribution >= 0.6 is 23.7 Å². The summed E-state index contributed by atoms with van der Waals surface area (Å²) in [5.41, 5.74) is 5.25. The molecule has 0 aromatic carbocycles. The number of rotatable bonds is 5. The zero-order valence-electron chi connectivity index (χ0n) is 13.2. The maximum Gasteiger partial charge on any atom is 0.349 e. The molecule has 2 rings (SSSR count). The number of carbonyl (C=O) groups is 1. The summed E-state index contributed by atoms with van der Waals surface area (Å²) in [5.74, 6) is -0.491. The van der Waals surface area contributed by atoms with Crippen LogP contribution in [0.15, 0.2) is 16.3 Å².